The highest BCUT2D eigenvalue weighted by Crippen LogP contribution is 2.19. The molecular formula is C9H17NO6. The predicted molar refractivity (Wildman–Crippen MR) is 52.2 cm³/mol. The lowest BCUT2D eigenvalue weighted by Crippen LogP contribution is -2.64. The quantitative estimate of drug-likeness (QED) is 0.365. The molecule has 0 aromatic heterocycles. The van der Waals surface area contributed by atoms with Gasteiger partial charge in [0, 0.05) is 6.42 Å². The summed E-state index contributed by atoms with van der Waals surface area (Å²) in [6.45, 7) is 1.09. The van der Waals surface area contributed by atoms with Crippen molar-refractivity contribution >= 4 is 5.91 Å². The van der Waals surface area contributed by atoms with Crippen molar-refractivity contribution < 1.29 is 30.0 Å². The third-order valence-corrected chi connectivity index (χ3v) is 2.55. The summed E-state index contributed by atoms with van der Waals surface area (Å²) < 4.78 is 4.86. The van der Waals surface area contributed by atoms with Crippen LogP contribution in [0.4, 0.5) is 0 Å². The summed E-state index contributed by atoms with van der Waals surface area (Å²) in [5.41, 5.74) is 0. The first kappa shape index (κ1) is 13.3. The number of aliphatic hydroxyl groups is 4. The summed E-state index contributed by atoms with van der Waals surface area (Å²) >= 11 is 0. The Hall–Kier alpha value is -0.730. The van der Waals surface area contributed by atoms with Gasteiger partial charge >= 0.3 is 0 Å². The Balaban J connectivity index is 2.67. The number of rotatable bonds is 3. The normalized spacial score (nSPS) is 39.4. The van der Waals surface area contributed by atoms with Gasteiger partial charge in [-0.15, -0.1) is 0 Å². The minimum atomic E-state index is -1.45. The second-order valence-corrected chi connectivity index (χ2v) is 3.68. The SMILES string of the molecule is CCC(=O)N[C@@H]1[C@@H](O)[C@H](O)[C@@H](CO)O[14CH]1O. The molecule has 1 saturated heterocycles. The van der Waals surface area contributed by atoms with Gasteiger partial charge in [0.05, 0.1) is 6.61 Å². The first-order valence-corrected chi connectivity index (χ1v) is 5.11. The summed E-state index contributed by atoms with van der Waals surface area (Å²) in [6, 6.07) is -1.09. The molecule has 0 radical (unpaired) electrons. The molecule has 0 spiro atoms. The molecular weight excluding hydrogens is 220 g/mol. The predicted octanol–water partition coefficient (Wildman–Crippen LogP) is -2.69. The van der Waals surface area contributed by atoms with Gasteiger partial charge < -0.3 is 30.5 Å². The molecule has 7 heteroatoms. The van der Waals surface area contributed by atoms with Gasteiger partial charge in [-0.1, -0.05) is 6.92 Å². The van der Waals surface area contributed by atoms with Gasteiger partial charge in [-0.2, -0.15) is 0 Å². The van der Waals surface area contributed by atoms with Crippen LogP contribution in [0.25, 0.3) is 0 Å². The fourth-order valence-electron chi connectivity index (χ4n) is 1.54. The van der Waals surface area contributed by atoms with E-state index in [0.717, 1.165) is 0 Å². The maximum Gasteiger partial charge on any atom is 0.220 e. The molecule has 1 amide bonds. The first-order valence-electron chi connectivity index (χ1n) is 5.11. The van der Waals surface area contributed by atoms with Gasteiger partial charge in [0.25, 0.3) is 0 Å². The maximum absolute atomic E-state index is 11.1. The summed E-state index contributed by atoms with van der Waals surface area (Å²) in [6.07, 6.45) is -5.05. The van der Waals surface area contributed by atoms with Crippen LogP contribution in [0.15, 0.2) is 0 Å². The van der Waals surface area contributed by atoms with Crippen molar-refractivity contribution in [2.24, 2.45) is 0 Å². The number of aliphatic hydroxyl groups excluding tert-OH is 4. The maximum atomic E-state index is 11.1. The Morgan fingerprint density at radius 1 is 1.44 bits per heavy atom. The standard InChI is InChI=1S/C9H17NO6/c1-2-5(12)10-6-8(14)7(13)4(3-11)16-9(6)15/h4,6-9,11,13-15H,2-3H2,1H3,(H,10,12)/t4-,6-,7-,8-,9?/m1/s1/i9+2. The van der Waals surface area contributed by atoms with Crippen LogP contribution in [0.3, 0.4) is 0 Å². The van der Waals surface area contributed by atoms with Crippen LogP contribution < -0.4 is 5.32 Å². The largest absolute Gasteiger partial charge is 0.394 e. The van der Waals surface area contributed by atoms with Crippen molar-refractivity contribution in [2.45, 2.75) is 44.0 Å². The molecule has 0 aromatic rings. The Morgan fingerprint density at radius 3 is 2.56 bits per heavy atom. The highest BCUT2D eigenvalue weighted by atomic mass is 16.9. The second-order valence-electron chi connectivity index (χ2n) is 3.68. The fraction of sp³-hybridized carbons (Fsp3) is 0.889. The molecule has 5 atom stereocenters. The monoisotopic (exact) mass is 237 g/mol. The summed E-state index contributed by atoms with van der Waals surface area (Å²) in [5.74, 6) is -0.374. The van der Waals surface area contributed by atoms with Crippen LogP contribution in [0.2, 0.25) is 0 Å². The van der Waals surface area contributed by atoms with Crippen LogP contribution in [0.5, 0.6) is 0 Å². The van der Waals surface area contributed by atoms with E-state index in [9.17, 15) is 20.1 Å². The summed E-state index contributed by atoms with van der Waals surface area (Å²) in [5, 5.41) is 39.8. The first-order chi connectivity index (χ1) is 7.51. The molecule has 1 fully saturated rings. The van der Waals surface area contributed by atoms with Crippen LogP contribution in [-0.2, 0) is 9.53 Å². The zero-order chi connectivity index (χ0) is 12.3. The number of amides is 1. The molecule has 0 bridgehead atoms. The second kappa shape index (κ2) is 5.55. The minimum Gasteiger partial charge on any atom is -0.394 e. The Kier molecular flexibility index (Phi) is 4.63. The molecule has 1 unspecified atom stereocenters. The van der Waals surface area contributed by atoms with Crippen molar-refractivity contribution in [3.8, 4) is 0 Å². The minimum absolute atomic E-state index is 0.190. The lowest BCUT2D eigenvalue weighted by molar-refractivity contribution is -0.253. The van der Waals surface area contributed by atoms with Crippen molar-refractivity contribution in [1.29, 1.82) is 0 Å². The van der Waals surface area contributed by atoms with Crippen molar-refractivity contribution in [3.05, 3.63) is 0 Å². The van der Waals surface area contributed by atoms with E-state index in [2.05, 4.69) is 5.32 Å². The van der Waals surface area contributed by atoms with E-state index in [4.69, 9.17) is 9.84 Å². The average Bonchev–Trinajstić information content (AvgIpc) is 2.28. The van der Waals surface area contributed by atoms with Gasteiger partial charge in [-0.05, 0) is 0 Å². The summed E-state index contributed by atoms with van der Waals surface area (Å²) in [7, 11) is 0. The smallest absolute Gasteiger partial charge is 0.220 e. The number of hydrogen-bond acceptors (Lipinski definition) is 6. The third kappa shape index (κ3) is 2.69. The van der Waals surface area contributed by atoms with Crippen LogP contribution in [-0.4, -0.2) is 63.6 Å². The molecule has 16 heavy (non-hydrogen) atoms. The number of carbonyl (C=O) groups excluding carboxylic acids is 1. The Morgan fingerprint density at radius 2 is 2.06 bits per heavy atom. The topological polar surface area (TPSA) is 119 Å². The van der Waals surface area contributed by atoms with E-state index >= 15 is 0 Å². The molecule has 1 aliphatic heterocycles. The molecule has 1 rings (SSSR count). The zero-order valence-corrected chi connectivity index (χ0v) is 8.91. The van der Waals surface area contributed by atoms with Crippen molar-refractivity contribution in [1.82, 2.24) is 5.32 Å². The zero-order valence-electron chi connectivity index (χ0n) is 8.91. The molecule has 0 aromatic carbocycles. The average molecular weight is 237 g/mol. The molecule has 0 saturated carbocycles. The van der Waals surface area contributed by atoms with Crippen molar-refractivity contribution in [2.75, 3.05) is 6.61 Å². The number of carbonyl (C=O) groups is 1. The molecule has 1 heterocycles. The molecule has 0 aliphatic carbocycles. The Labute approximate surface area is 92.7 Å². The van der Waals surface area contributed by atoms with Gasteiger partial charge in [-0.3, -0.25) is 4.79 Å². The van der Waals surface area contributed by atoms with Crippen LogP contribution in [0.1, 0.15) is 13.3 Å². The molecule has 5 N–H and O–H groups in total. The van der Waals surface area contributed by atoms with E-state index in [1.807, 2.05) is 0 Å². The number of hydrogen-bond donors (Lipinski definition) is 5. The number of nitrogens with one attached hydrogen (secondary N) is 1. The lowest BCUT2D eigenvalue weighted by Gasteiger charge is -2.40. The van der Waals surface area contributed by atoms with Gasteiger partial charge in [0.2, 0.25) is 5.91 Å². The number of ether oxygens (including phenoxy) is 1. The Bertz CT molecular complexity index is 248. The van der Waals surface area contributed by atoms with Gasteiger partial charge in [0.1, 0.15) is 24.4 Å². The van der Waals surface area contributed by atoms with E-state index in [1.54, 1.807) is 6.92 Å². The molecule has 7 nitrogen and oxygen atoms in total. The van der Waals surface area contributed by atoms with E-state index < -0.39 is 37.3 Å². The third-order valence-electron chi connectivity index (χ3n) is 2.55. The van der Waals surface area contributed by atoms with Crippen LogP contribution in [0, 0.1) is 0 Å². The van der Waals surface area contributed by atoms with E-state index in [1.165, 1.54) is 0 Å². The molecule has 1 aliphatic rings. The highest BCUT2D eigenvalue weighted by molar-refractivity contribution is 5.76. The van der Waals surface area contributed by atoms with Gasteiger partial charge in [0.15, 0.2) is 6.29 Å². The van der Waals surface area contributed by atoms with Crippen LogP contribution >= 0.6 is 0 Å². The highest BCUT2D eigenvalue weighted by Gasteiger charge is 2.44. The lowest BCUT2D eigenvalue weighted by atomic mass is 10.0. The van der Waals surface area contributed by atoms with E-state index in [0.29, 0.717) is 0 Å². The summed E-state index contributed by atoms with van der Waals surface area (Å²) in [4.78, 5) is 11.1. The fourth-order valence-corrected chi connectivity index (χ4v) is 1.54. The molecule has 94 valence electrons. The van der Waals surface area contributed by atoms with Crippen molar-refractivity contribution in [3.63, 3.8) is 0 Å². The van der Waals surface area contributed by atoms with Gasteiger partial charge in [-0.25, -0.2) is 0 Å². The van der Waals surface area contributed by atoms with E-state index in [-0.39, 0.29) is 12.3 Å².